The molecule has 0 radical (unpaired) electrons. The average molecular weight is 287 g/mol. The van der Waals surface area contributed by atoms with Crippen molar-refractivity contribution >= 4 is 5.97 Å². The van der Waals surface area contributed by atoms with Gasteiger partial charge in [0.15, 0.2) is 11.5 Å². The molecule has 0 aliphatic carbocycles. The Labute approximate surface area is 125 Å². The van der Waals surface area contributed by atoms with Gasteiger partial charge in [-0.15, -0.1) is 0 Å². The summed E-state index contributed by atoms with van der Waals surface area (Å²) in [7, 11) is 0. The van der Waals surface area contributed by atoms with Crippen molar-refractivity contribution in [1.29, 1.82) is 0 Å². The summed E-state index contributed by atoms with van der Waals surface area (Å²) >= 11 is 0. The van der Waals surface area contributed by atoms with Crippen molar-refractivity contribution in [3.05, 3.63) is 41.6 Å². The molecule has 0 fully saturated rings. The number of esters is 1. The highest BCUT2D eigenvalue weighted by atomic mass is 16.5. The maximum Gasteiger partial charge on any atom is 0.360 e. The summed E-state index contributed by atoms with van der Waals surface area (Å²) in [5, 5.41) is 3.74. The summed E-state index contributed by atoms with van der Waals surface area (Å²) in [6.07, 6.45) is 4.79. The predicted molar refractivity (Wildman–Crippen MR) is 81.1 cm³/mol. The quantitative estimate of drug-likeness (QED) is 0.564. The molecule has 4 nitrogen and oxygen atoms in total. The molecule has 1 heterocycles. The molecule has 0 bridgehead atoms. The molecule has 2 rings (SSSR count). The number of hydrogen-bond acceptors (Lipinski definition) is 4. The summed E-state index contributed by atoms with van der Waals surface area (Å²) in [5.74, 6) is 0.127. The van der Waals surface area contributed by atoms with Crippen molar-refractivity contribution in [1.82, 2.24) is 5.16 Å². The molecule has 4 heteroatoms. The third kappa shape index (κ3) is 4.18. The van der Waals surface area contributed by atoms with Crippen molar-refractivity contribution in [2.24, 2.45) is 0 Å². The zero-order chi connectivity index (χ0) is 15.1. The normalized spacial score (nSPS) is 10.6. The monoisotopic (exact) mass is 287 g/mol. The number of unbranched alkanes of at least 4 members (excludes halogenated alkanes) is 2. The Balaban J connectivity index is 2.03. The Kier molecular flexibility index (Phi) is 5.55. The Hall–Kier alpha value is -2.10. The van der Waals surface area contributed by atoms with Crippen LogP contribution in [0.4, 0.5) is 0 Å². The van der Waals surface area contributed by atoms with Crippen LogP contribution in [0.15, 0.2) is 34.9 Å². The van der Waals surface area contributed by atoms with Crippen LogP contribution in [0.2, 0.25) is 0 Å². The first-order chi connectivity index (χ1) is 10.2. The number of ether oxygens (including phenoxy) is 1. The van der Waals surface area contributed by atoms with Crippen LogP contribution in [0.5, 0.6) is 0 Å². The smallest absolute Gasteiger partial charge is 0.360 e. The molecule has 112 valence electrons. The molecule has 0 saturated heterocycles. The molecule has 0 atom stereocenters. The van der Waals surface area contributed by atoms with E-state index >= 15 is 0 Å². The van der Waals surface area contributed by atoms with Gasteiger partial charge in [-0.2, -0.15) is 0 Å². The minimum atomic E-state index is -0.455. The van der Waals surface area contributed by atoms with Crippen LogP contribution in [-0.4, -0.2) is 17.7 Å². The van der Waals surface area contributed by atoms with Crippen LogP contribution in [0.3, 0.4) is 0 Å². The second kappa shape index (κ2) is 7.62. The van der Waals surface area contributed by atoms with Crippen molar-refractivity contribution in [2.75, 3.05) is 6.61 Å². The third-order valence-electron chi connectivity index (χ3n) is 3.30. The lowest BCUT2D eigenvalue weighted by Crippen LogP contribution is -2.04. The van der Waals surface area contributed by atoms with Gasteiger partial charge in [0, 0.05) is 11.6 Å². The van der Waals surface area contributed by atoms with Crippen molar-refractivity contribution in [3.8, 4) is 11.3 Å². The number of hydrogen-bond donors (Lipinski definition) is 0. The molecular formula is C17H21NO3. The summed E-state index contributed by atoms with van der Waals surface area (Å²) in [6, 6.07) is 9.80. The Bertz CT molecular complexity index is 572. The van der Waals surface area contributed by atoms with Gasteiger partial charge in [0.25, 0.3) is 0 Å². The van der Waals surface area contributed by atoms with E-state index in [1.165, 1.54) is 24.8 Å². The SMILES string of the molecule is CCCCCc1ccc(-c2cc(C(=O)OCC)no2)cc1. The van der Waals surface area contributed by atoms with E-state index in [0.717, 1.165) is 12.0 Å². The van der Waals surface area contributed by atoms with E-state index in [0.29, 0.717) is 12.4 Å². The van der Waals surface area contributed by atoms with Gasteiger partial charge < -0.3 is 9.26 Å². The maximum atomic E-state index is 11.5. The topological polar surface area (TPSA) is 52.3 Å². The summed E-state index contributed by atoms with van der Waals surface area (Å²) in [5.41, 5.74) is 2.44. The van der Waals surface area contributed by atoms with Crippen molar-refractivity contribution in [3.63, 3.8) is 0 Å². The van der Waals surface area contributed by atoms with E-state index in [2.05, 4.69) is 24.2 Å². The van der Waals surface area contributed by atoms with Gasteiger partial charge >= 0.3 is 5.97 Å². The molecule has 1 aromatic heterocycles. The first kappa shape index (κ1) is 15.3. The fraction of sp³-hybridized carbons (Fsp3) is 0.412. The Morgan fingerprint density at radius 2 is 1.95 bits per heavy atom. The number of aryl methyl sites for hydroxylation is 1. The zero-order valence-corrected chi connectivity index (χ0v) is 12.6. The Morgan fingerprint density at radius 1 is 1.19 bits per heavy atom. The first-order valence-corrected chi connectivity index (χ1v) is 7.47. The van der Waals surface area contributed by atoms with Crippen LogP contribution >= 0.6 is 0 Å². The van der Waals surface area contributed by atoms with Crippen molar-refractivity contribution in [2.45, 2.75) is 39.5 Å². The molecule has 0 aliphatic heterocycles. The lowest BCUT2D eigenvalue weighted by atomic mass is 10.0. The summed E-state index contributed by atoms with van der Waals surface area (Å²) in [4.78, 5) is 11.5. The fourth-order valence-electron chi connectivity index (χ4n) is 2.13. The van der Waals surface area contributed by atoms with Gasteiger partial charge in [0.1, 0.15) is 0 Å². The van der Waals surface area contributed by atoms with E-state index in [1.54, 1.807) is 13.0 Å². The molecule has 0 amide bonds. The number of rotatable bonds is 7. The number of aromatic nitrogens is 1. The van der Waals surface area contributed by atoms with Gasteiger partial charge in [0.05, 0.1) is 6.61 Å². The van der Waals surface area contributed by atoms with E-state index in [1.807, 2.05) is 12.1 Å². The summed E-state index contributed by atoms with van der Waals surface area (Å²) < 4.78 is 10.1. The minimum Gasteiger partial charge on any atom is -0.461 e. The lowest BCUT2D eigenvalue weighted by molar-refractivity contribution is 0.0514. The minimum absolute atomic E-state index is 0.207. The number of carbonyl (C=O) groups excluding carboxylic acids is 1. The highest BCUT2D eigenvalue weighted by Gasteiger charge is 2.14. The third-order valence-corrected chi connectivity index (χ3v) is 3.30. The van der Waals surface area contributed by atoms with Gasteiger partial charge in [0.2, 0.25) is 0 Å². The van der Waals surface area contributed by atoms with Crippen LogP contribution < -0.4 is 0 Å². The standard InChI is InChI=1S/C17H21NO3/c1-3-5-6-7-13-8-10-14(11-9-13)16-12-15(18-21-16)17(19)20-4-2/h8-12H,3-7H2,1-2H3. The molecule has 1 aromatic carbocycles. The van der Waals surface area contributed by atoms with E-state index < -0.39 is 5.97 Å². The average Bonchev–Trinajstić information content (AvgIpc) is 2.98. The molecule has 2 aromatic rings. The lowest BCUT2D eigenvalue weighted by Gasteiger charge is -2.01. The fourth-order valence-corrected chi connectivity index (χ4v) is 2.13. The number of benzene rings is 1. The second-order valence-corrected chi connectivity index (χ2v) is 4.95. The van der Waals surface area contributed by atoms with Crippen molar-refractivity contribution < 1.29 is 14.1 Å². The molecule has 21 heavy (non-hydrogen) atoms. The highest BCUT2D eigenvalue weighted by Crippen LogP contribution is 2.21. The van der Waals surface area contributed by atoms with Gasteiger partial charge in [-0.1, -0.05) is 49.2 Å². The second-order valence-electron chi connectivity index (χ2n) is 4.95. The number of nitrogens with zero attached hydrogens (tertiary/aromatic N) is 1. The van der Waals surface area contributed by atoms with Gasteiger partial charge in [-0.25, -0.2) is 4.79 Å². The first-order valence-electron chi connectivity index (χ1n) is 7.47. The van der Waals surface area contributed by atoms with E-state index in [9.17, 15) is 4.79 Å². The largest absolute Gasteiger partial charge is 0.461 e. The zero-order valence-electron chi connectivity index (χ0n) is 12.6. The summed E-state index contributed by atoms with van der Waals surface area (Å²) in [6.45, 7) is 4.29. The molecular weight excluding hydrogens is 266 g/mol. The maximum absolute atomic E-state index is 11.5. The predicted octanol–water partition coefficient (Wildman–Crippen LogP) is 4.25. The van der Waals surface area contributed by atoms with Gasteiger partial charge in [-0.05, 0) is 25.3 Å². The van der Waals surface area contributed by atoms with Crippen LogP contribution in [0.1, 0.15) is 49.2 Å². The van der Waals surface area contributed by atoms with Crippen LogP contribution in [-0.2, 0) is 11.2 Å². The highest BCUT2D eigenvalue weighted by molar-refractivity contribution is 5.88. The molecule has 0 spiro atoms. The molecule has 0 N–H and O–H groups in total. The van der Waals surface area contributed by atoms with Gasteiger partial charge in [-0.3, -0.25) is 0 Å². The van der Waals surface area contributed by atoms with E-state index in [4.69, 9.17) is 9.26 Å². The van der Waals surface area contributed by atoms with Crippen LogP contribution in [0, 0.1) is 0 Å². The number of carbonyl (C=O) groups is 1. The molecule has 0 unspecified atom stereocenters. The molecule has 0 saturated carbocycles. The van der Waals surface area contributed by atoms with Crippen LogP contribution in [0.25, 0.3) is 11.3 Å². The Morgan fingerprint density at radius 3 is 2.62 bits per heavy atom. The van der Waals surface area contributed by atoms with E-state index in [-0.39, 0.29) is 5.69 Å². The molecule has 0 aliphatic rings.